The number of primary amides is 1. The third kappa shape index (κ3) is 3.78. The van der Waals surface area contributed by atoms with E-state index in [2.05, 4.69) is 29.3 Å². The number of hydrogen-bond acceptors (Lipinski definition) is 5. The quantitative estimate of drug-likeness (QED) is 0.843. The summed E-state index contributed by atoms with van der Waals surface area (Å²) in [6, 6.07) is 7.40. The van der Waals surface area contributed by atoms with Crippen LogP contribution < -0.4 is 10.5 Å². The van der Waals surface area contributed by atoms with E-state index in [0.717, 1.165) is 11.3 Å². The summed E-state index contributed by atoms with van der Waals surface area (Å²) in [6.07, 6.45) is 0. The molecule has 106 valence electrons. The van der Waals surface area contributed by atoms with Crippen molar-refractivity contribution in [2.75, 3.05) is 6.61 Å². The van der Waals surface area contributed by atoms with Gasteiger partial charge in [0.05, 0.1) is 6.61 Å². The highest BCUT2D eigenvalue weighted by molar-refractivity contribution is 5.73. The molecule has 1 heterocycles. The van der Waals surface area contributed by atoms with Gasteiger partial charge in [-0.3, -0.25) is 4.79 Å². The van der Waals surface area contributed by atoms with Crippen LogP contribution in [0, 0.1) is 5.92 Å². The van der Waals surface area contributed by atoms with Crippen LogP contribution in [0.1, 0.15) is 13.8 Å². The van der Waals surface area contributed by atoms with Crippen molar-refractivity contribution in [1.29, 1.82) is 0 Å². The van der Waals surface area contributed by atoms with Gasteiger partial charge in [-0.2, -0.15) is 4.80 Å². The molecule has 0 unspecified atom stereocenters. The van der Waals surface area contributed by atoms with Gasteiger partial charge in [0.1, 0.15) is 12.3 Å². The summed E-state index contributed by atoms with van der Waals surface area (Å²) in [5.74, 6) is 1.21. The second-order valence-electron chi connectivity index (χ2n) is 4.84. The maximum absolute atomic E-state index is 10.8. The smallest absolute Gasteiger partial charge is 0.241 e. The third-order valence-electron chi connectivity index (χ3n) is 2.45. The summed E-state index contributed by atoms with van der Waals surface area (Å²) in [5.41, 5.74) is 5.87. The molecule has 0 atom stereocenters. The Bertz CT molecular complexity index is 577. The molecule has 7 nitrogen and oxygen atoms in total. The molecule has 0 saturated heterocycles. The molecule has 0 spiro atoms. The third-order valence-corrected chi connectivity index (χ3v) is 2.45. The van der Waals surface area contributed by atoms with Gasteiger partial charge in [-0.25, -0.2) is 0 Å². The summed E-state index contributed by atoms with van der Waals surface area (Å²) in [6.45, 7) is 4.78. The van der Waals surface area contributed by atoms with E-state index in [1.165, 1.54) is 4.80 Å². The molecular formula is C13H17N5O2. The predicted molar refractivity (Wildman–Crippen MR) is 72.8 cm³/mol. The number of ether oxygens (including phenoxy) is 1. The fourth-order valence-corrected chi connectivity index (χ4v) is 1.53. The average Bonchev–Trinajstić information content (AvgIpc) is 2.84. The molecule has 0 aliphatic heterocycles. The molecule has 2 N–H and O–H groups in total. The minimum absolute atomic E-state index is 0.0808. The molecule has 20 heavy (non-hydrogen) atoms. The highest BCUT2D eigenvalue weighted by Crippen LogP contribution is 2.19. The summed E-state index contributed by atoms with van der Waals surface area (Å²) >= 11 is 0. The molecule has 7 heteroatoms. The van der Waals surface area contributed by atoms with Gasteiger partial charge in [-0.1, -0.05) is 13.8 Å². The topological polar surface area (TPSA) is 95.9 Å². The summed E-state index contributed by atoms with van der Waals surface area (Å²) < 4.78 is 5.59. The zero-order chi connectivity index (χ0) is 14.5. The first-order valence-electron chi connectivity index (χ1n) is 6.34. The van der Waals surface area contributed by atoms with Crippen molar-refractivity contribution < 1.29 is 9.53 Å². The first kappa shape index (κ1) is 14.0. The van der Waals surface area contributed by atoms with Gasteiger partial charge >= 0.3 is 0 Å². The van der Waals surface area contributed by atoms with Crippen molar-refractivity contribution in [3.8, 4) is 17.1 Å². The summed E-state index contributed by atoms with van der Waals surface area (Å²) in [7, 11) is 0. The van der Waals surface area contributed by atoms with Crippen LogP contribution in [0.4, 0.5) is 0 Å². The van der Waals surface area contributed by atoms with Crippen LogP contribution >= 0.6 is 0 Å². The Hall–Kier alpha value is -2.44. The number of amides is 1. The zero-order valence-corrected chi connectivity index (χ0v) is 11.5. The van der Waals surface area contributed by atoms with Crippen molar-refractivity contribution in [2.24, 2.45) is 11.7 Å². The normalized spacial score (nSPS) is 10.8. The fourth-order valence-electron chi connectivity index (χ4n) is 1.53. The monoisotopic (exact) mass is 275 g/mol. The minimum Gasteiger partial charge on any atom is -0.493 e. The Morgan fingerprint density at radius 3 is 2.65 bits per heavy atom. The molecule has 2 aromatic rings. The Morgan fingerprint density at radius 1 is 1.35 bits per heavy atom. The second-order valence-corrected chi connectivity index (χ2v) is 4.84. The van der Waals surface area contributed by atoms with Gasteiger partial charge in [-0.15, -0.1) is 10.2 Å². The summed E-state index contributed by atoms with van der Waals surface area (Å²) in [4.78, 5) is 11.9. The van der Waals surface area contributed by atoms with Crippen molar-refractivity contribution in [2.45, 2.75) is 20.4 Å². The first-order valence-corrected chi connectivity index (χ1v) is 6.34. The van der Waals surface area contributed by atoms with Gasteiger partial charge < -0.3 is 10.5 Å². The molecule has 0 fully saturated rings. The SMILES string of the molecule is CC(C)COc1ccc(-c2nnn(CC(N)=O)n2)cc1. The lowest BCUT2D eigenvalue weighted by atomic mass is 10.2. The van der Waals surface area contributed by atoms with Crippen molar-refractivity contribution in [3.63, 3.8) is 0 Å². The van der Waals surface area contributed by atoms with Crippen molar-refractivity contribution in [1.82, 2.24) is 20.2 Å². The van der Waals surface area contributed by atoms with Crippen molar-refractivity contribution >= 4 is 5.91 Å². The van der Waals surface area contributed by atoms with Crippen LogP contribution in [0.25, 0.3) is 11.4 Å². The van der Waals surface area contributed by atoms with E-state index in [0.29, 0.717) is 18.3 Å². The Morgan fingerprint density at radius 2 is 2.05 bits per heavy atom. The minimum atomic E-state index is -0.508. The van der Waals surface area contributed by atoms with Crippen LogP contribution in [0.5, 0.6) is 5.75 Å². The lowest BCUT2D eigenvalue weighted by Crippen LogP contribution is -2.20. The Labute approximate surface area is 116 Å². The zero-order valence-electron chi connectivity index (χ0n) is 11.5. The first-order chi connectivity index (χ1) is 9.54. The lowest BCUT2D eigenvalue weighted by molar-refractivity contribution is -0.118. The van der Waals surface area contributed by atoms with E-state index in [-0.39, 0.29) is 6.54 Å². The number of hydrogen-bond donors (Lipinski definition) is 1. The maximum Gasteiger partial charge on any atom is 0.241 e. The van der Waals surface area contributed by atoms with Crippen LogP contribution in [-0.2, 0) is 11.3 Å². The van der Waals surface area contributed by atoms with E-state index in [4.69, 9.17) is 10.5 Å². The maximum atomic E-state index is 10.8. The number of carbonyl (C=O) groups excluding carboxylic acids is 1. The van der Waals surface area contributed by atoms with Gasteiger partial charge in [0, 0.05) is 5.56 Å². The fraction of sp³-hybridized carbons (Fsp3) is 0.385. The average molecular weight is 275 g/mol. The Balaban J connectivity index is 2.05. The van der Waals surface area contributed by atoms with Gasteiger partial charge in [0.2, 0.25) is 11.7 Å². The molecule has 0 radical (unpaired) electrons. The number of tetrazole rings is 1. The molecule has 1 aromatic carbocycles. The van der Waals surface area contributed by atoms with E-state index in [1.807, 2.05) is 24.3 Å². The highest BCUT2D eigenvalue weighted by atomic mass is 16.5. The number of nitrogens with two attached hydrogens (primary N) is 1. The molecule has 1 amide bonds. The number of carbonyl (C=O) groups is 1. The molecule has 1 aromatic heterocycles. The van der Waals surface area contributed by atoms with Gasteiger partial charge in [0.15, 0.2) is 0 Å². The van der Waals surface area contributed by atoms with Gasteiger partial charge in [0.25, 0.3) is 0 Å². The second kappa shape index (κ2) is 6.14. The predicted octanol–water partition coefficient (Wildman–Crippen LogP) is 0.860. The standard InChI is InChI=1S/C13H17N5O2/c1-9(2)8-20-11-5-3-10(4-6-11)13-15-17-18(16-13)7-12(14)19/h3-6,9H,7-8H2,1-2H3,(H2,14,19). The molecule has 0 aliphatic carbocycles. The number of nitrogens with zero attached hydrogens (tertiary/aromatic N) is 4. The highest BCUT2D eigenvalue weighted by Gasteiger charge is 2.07. The number of benzene rings is 1. The molecule has 0 bridgehead atoms. The van der Waals surface area contributed by atoms with E-state index in [1.54, 1.807) is 0 Å². The number of rotatable bonds is 6. The van der Waals surface area contributed by atoms with Crippen LogP contribution in [-0.4, -0.2) is 32.7 Å². The molecular weight excluding hydrogens is 258 g/mol. The Kier molecular flexibility index (Phi) is 4.29. The van der Waals surface area contributed by atoms with Crippen LogP contribution in [0.3, 0.4) is 0 Å². The molecule has 2 rings (SSSR count). The van der Waals surface area contributed by atoms with Crippen molar-refractivity contribution in [3.05, 3.63) is 24.3 Å². The largest absolute Gasteiger partial charge is 0.493 e. The summed E-state index contributed by atoms with van der Waals surface area (Å²) in [5, 5.41) is 11.7. The lowest BCUT2D eigenvalue weighted by Gasteiger charge is -2.08. The molecule has 0 aliphatic rings. The number of aromatic nitrogens is 4. The van der Waals surface area contributed by atoms with E-state index >= 15 is 0 Å². The van der Waals surface area contributed by atoms with E-state index < -0.39 is 5.91 Å². The molecule has 0 saturated carbocycles. The van der Waals surface area contributed by atoms with Crippen LogP contribution in [0.15, 0.2) is 24.3 Å². The van der Waals surface area contributed by atoms with Gasteiger partial charge in [-0.05, 0) is 35.4 Å². The van der Waals surface area contributed by atoms with Crippen LogP contribution in [0.2, 0.25) is 0 Å². The van der Waals surface area contributed by atoms with E-state index in [9.17, 15) is 4.79 Å².